The predicted octanol–water partition coefficient (Wildman–Crippen LogP) is 5.57. The standard InChI is InChI=1S/C10H8F14O3S.C8H20N/c11-1(2(12)4(14)6(16)17)3(13)5(15)8(19,20)10(23,24)9(21,22)7(18)28(25,26)27;1-5-9(6-2,7-3)8-4/h1-7H,(H,25,26,27);5-8H2,1-4H3/q;+1/p-1. The molecule has 0 amide bonds. The molecule has 0 spiro atoms. The molecule has 6 unspecified atom stereocenters. The average molecular weight is 603 g/mol. The van der Waals surface area contributed by atoms with Gasteiger partial charge in [0.05, 0.1) is 26.2 Å². The molecule has 0 aromatic heterocycles. The lowest BCUT2D eigenvalue weighted by molar-refractivity contribution is -0.921. The Hall–Kier alpha value is -1.11. The third-order valence-electron chi connectivity index (χ3n) is 5.84. The first-order chi connectivity index (χ1) is 16.4. The highest BCUT2D eigenvalue weighted by molar-refractivity contribution is 7.86. The Morgan fingerprint density at radius 2 is 0.946 bits per heavy atom. The van der Waals surface area contributed by atoms with E-state index in [2.05, 4.69) is 27.7 Å². The van der Waals surface area contributed by atoms with Gasteiger partial charge in [-0.2, -0.15) is 26.3 Å². The lowest BCUT2D eigenvalue weighted by atomic mass is 9.94. The van der Waals surface area contributed by atoms with Gasteiger partial charge in [0.15, 0.2) is 24.7 Å². The molecule has 0 aromatic rings. The Morgan fingerprint density at radius 1 is 0.622 bits per heavy atom. The number of nitrogens with zero attached hydrogens (tertiary/aromatic N) is 1. The van der Waals surface area contributed by atoms with Gasteiger partial charge in [-0.15, -0.1) is 0 Å². The van der Waals surface area contributed by atoms with Crippen molar-refractivity contribution in [1.29, 1.82) is 0 Å². The minimum Gasteiger partial charge on any atom is -0.746 e. The van der Waals surface area contributed by atoms with Gasteiger partial charge >= 0.3 is 17.8 Å². The Bertz CT molecular complexity index is 764. The zero-order valence-electron chi connectivity index (χ0n) is 19.7. The second kappa shape index (κ2) is 13.8. The summed E-state index contributed by atoms with van der Waals surface area (Å²) in [6.07, 6.45) is -28.3. The third-order valence-corrected chi connectivity index (χ3v) is 6.64. The minimum absolute atomic E-state index is 1.28. The lowest BCUT2D eigenvalue weighted by Crippen LogP contribution is -2.65. The highest BCUT2D eigenvalue weighted by Crippen LogP contribution is 2.52. The van der Waals surface area contributed by atoms with Crippen molar-refractivity contribution in [3.63, 3.8) is 0 Å². The van der Waals surface area contributed by atoms with Crippen LogP contribution in [0.2, 0.25) is 0 Å². The van der Waals surface area contributed by atoms with Crippen molar-refractivity contribution in [1.82, 2.24) is 0 Å². The summed E-state index contributed by atoms with van der Waals surface area (Å²) >= 11 is 0. The molecule has 4 nitrogen and oxygen atoms in total. The molecule has 0 saturated heterocycles. The molecule has 37 heavy (non-hydrogen) atoms. The van der Waals surface area contributed by atoms with E-state index in [9.17, 15) is 74.4 Å². The van der Waals surface area contributed by atoms with E-state index in [-0.39, 0.29) is 0 Å². The molecular weight excluding hydrogens is 576 g/mol. The summed E-state index contributed by atoms with van der Waals surface area (Å²) in [4.78, 5) is 0. The van der Waals surface area contributed by atoms with Crippen molar-refractivity contribution in [2.24, 2.45) is 0 Å². The summed E-state index contributed by atoms with van der Waals surface area (Å²) < 4.78 is 211. The number of rotatable bonds is 14. The maximum Gasteiger partial charge on any atom is 0.379 e. The molecule has 0 rings (SSSR count). The lowest BCUT2D eigenvalue weighted by Gasteiger charge is -2.37. The first-order valence-corrected chi connectivity index (χ1v) is 11.9. The van der Waals surface area contributed by atoms with Gasteiger partial charge in [0, 0.05) is 0 Å². The topological polar surface area (TPSA) is 57.2 Å². The molecule has 0 saturated carbocycles. The fourth-order valence-electron chi connectivity index (χ4n) is 2.91. The Morgan fingerprint density at radius 3 is 1.19 bits per heavy atom. The molecule has 226 valence electrons. The van der Waals surface area contributed by atoms with Crippen LogP contribution in [0.3, 0.4) is 0 Å². The van der Waals surface area contributed by atoms with E-state index in [1.807, 2.05) is 0 Å². The normalized spacial score (nSPS) is 18.9. The number of hydrogen-bond donors (Lipinski definition) is 0. The maximum absolute atomic E-state index is 13.2. The molecule has 0 aliphatic carbocycles. The zero-order chi connectivity index (χ0) is 30.4. The monoisotopic (exact) mass is 603 g/mol. The molecule has 19 heteroatoms. The summed E-state index contributed by atoms with van der Waals surface area (Å²) in [5, 5.41) is 0. The van der Waals surface area contributed by atoms with Crippen LogP contribution >= 0.6 is 0 Å². The molecule has 0 fully saturated rings. The van der Waals surface area contributed by atoms with Gasteiger partial charge in [0.25, 0.3) is 11.9 Å². The molecule has 0 radical (unpaired) electrons. The van der Waals surface area contributed by atoms with Gasteiger partial charge in [0.1, 0.15) is 10.1 Å². The van der Waals surface area contributed by atoms with Crippen LogP contribution in [-0.4, -0.2) is 104 Å². The van der Waals surface area contributed by atoms with E-state index in [1.54, 1.807) is 0 Å². The van der Waals surface area contributed by atoms with Crippen molar-refractivity contribution in [3.8, 4) is 0 Å². The number of quaternary nitrogens is 1. The van der Waals surface area contributed by atoms with Crippen LogP contribution < -0.4 is 0 Å². The summed E-state index contributed by atoms with van der Waals surface area (Å²) in [5.74, 6) is -22.0. The Labute approximate surface area is 204 Å². The highest BCUT2D eigenvalue weighted by atomic mass is 32.2. The van der Waals surface area contributed by atoms with E-state index in [1.165, 1.54) is 30.7 Å². The van der Waals surface area contributed by atoms with Gasteiger partial charge in [0.2, 0.25) is 6.17 Å². The van der Waals surface area contributed by atoms with Crippen molar-refractivity contribution < 1.29 is 78.9 Å². The van der Waals surface area contributed by atoms with Crippen LogP contribution in [-0.2, 0) is 10.1 Å². The van der Waals surface area contributed by atoms with Crippen LogP contribution in [0.1, 0.15) is 27.7 Å². The van der Waals surface area contributed by atoms with Crippen molar-refractivity contribution in [2.75, 3.05) is 26.2 Å². The first-order valence-electron chi connectivity index (χ1n) is 10.5. The van der Waals surface area contributed by atoms with Gasteiger partial charge in [-0.25, -0.2) is 43.5 Å². The minimum atomic E-state index is -7.54. The summed E-state index contributed by atoms with van der Waals surface area (Å²) in [6.45, 7) is 14.2. The fourth-order valence-corrected chi connectivity index (χ4v) is 3.42. The second-order valence-corrected chi connectivity index (χ2v) is 9.15. The summed E-state index contributed by atoms with van der Waals surface area (Å²) in [5.41, 5.74) is -5.62. The largest absolute Gasteiger partial charge is 0.746 e. The zero-order valence-corrected chi connectivity index (χ0v) is 20.6. The van der Waals surface area contributed by atoms with Crippen LogP contribution in [0, 0.1) is 0 Å². The van der Waals surface area contributed by atoms with Crippen molar-refractivity contribution in [3.05, 3.63) is 0 Å². The SMILES string of the molecule is CC[N+](CC)(CC)CC.O=S(=O)([O-])C(F)C(F)(F)C(F)(F)C(F)(F)C(F)C(F)C(F)C(F)C(F)C(F)F. The van der Waals surface area contributed by atoms with Crippen molar-refractivity contribution in [2.45, 2.75) is 88.3 Å². The molecule has 0 heterocycles. The van der Waals surface area contributed by atoms with Crippen molar-refractivity contribution >= 4 is 10.1 Å². The molecule has 0 bridgehead atoms. The van der Waals surface area contributed by atoms with Gasteiger partial charge in [-0.05, 0) is 27.7 Å². The molecule has 0 aliphatic rings. The molecule has 0 N–H and O–H groups in total. The number of alkyl halides is 14. The number of hydrogen-bond acceptors (Lipinski definition) is 3. The molecule has 6 atom stereocenters. The summed E-state index contributed by atoms with van der Waals surface area (Å²) in [6, 6.07) is 0. The summed E-state index contributed by atoms with van der Waals surface area (Å²) in [7, 11) is -7.06. The maximum atomic E-state index is 13.2. The molecule has 0 aliphatic heterocycles. The van der Waals surface area contributed by atoms with E-state index < -0.39 is 70.7 Å². The van der Waals surface area contributed by atoms with Crippen LogP contribution in [0.4, 0.5) is 61.5 Å². The number of halogens is 14. The van der Waals surface area contributed by atoms with E-state index >= 15 is 0 Å². The third kappa shape index (κ3) is 8.44. The molecular formula is C18H27F14NO3S. The average Bonchev–Trinajstić information content (AvgIpc) is 2.82. The van der Waals surface area contributed by atoms with E-state index in [4.69, 9.17) is 0 Å². The fraction of sp³-hybridized carbons (Fsp3) is 1.00. The highest BCUT2D eigenvalue weighted by Gasteiger charge is 2.79. The van der Waals surface area contributed by atoms with Gasteiger partial charge in [-0.1, -0.05) is 0 Å². The smallest absolute Gasteiger partial charge is 0.379 e. The Balaban J connectivity index is 0. The van der Waals surface area contributed by atoms with Crippen LogP contribution in [0.25, 0.3) is 0 Å². The van der Waals surface area contributed by atoms with Crippen LogP contribution in [0.5, 0.6) is 0 Å². The molecule has 0 aromatic carbocycles. The Kier molecular flexibility index (Phi) is 14.2. The van der Waals surface area contributed by atoms with Gasteiger partial charge in [-0.3, -0.25) is 0 Å². The quantitative estimate of drug-likeness (QED) is 0.148. The van der Waals surface area contributed by atoms with E-state index in [0.717, 1.165) is 0 Å². The van der Waals surface area contributed by atoms with E-state index in [0.29, 0.717) is 0 Å². The first kappa shape index (κ1) is 38.0. The van der Waals surface area contributed by atoms with Crippen LogP contribution in [0.15, 0.2) is 0 Å². The predicted molar refractivity (Wildman–Crippen MR) is 102 cm³/mol. The second-order valence-electron chi connectivity index (χ2n) is 7.75. The van der Waals surface area contributed by atoms with Gasteiger partial charge < -0.3 is 9.04 Å².